The number of fused-ring (bicyclic) bond motifs is 1. The lowest BCUT2D eigenvalue weighted by Gasteiger charge is -2.27. The molecule has 1 N–H and O–H groups in total. The molecule has 1 aliphatic rings. The molecule has 1 saturated heterocycles. The predicted molar refractivity (Wildman–Crippen MR) is 131 cm³/mol. The van der Waals surface area contributed by atoms with Crippen molar-refractivity contribution in [1.82, 2.24) is 34.8 Å². The zero-order valence-electron chi connectivity index (χ0n) is 19.7. The van der Waals surface area contributed by atoms with Crippen LogP contribution in [-0.2, 0) is 7.05 Å². The van der Waals surface area contributed by atoms with Crippen LogP contribution in [0.15, 0.2) is 61.1 Å². The molecule has 1 aliphatic heterocycles. The number of halogens is 2. The fourth-order valence-electron chi connectivity index (χ4n) is 4.68. The smallest absolute Gasteiger partial charge is 0.259 e. The number of carbonyl (C=O) groups is 1. The first-order valence-corrected chi connectivity index (χ1v) is 11.7. The number of nitrogens with one attached hydrogen (secondary N) is 1. The minimum atomic E-state index is -0.469. The second kappa shape index (κ2) is 9.04. The molecule has 1 amide bonds. The Morgan fingerprint density at radius 1 is 1.11 bits per heavy atom. The molecule has 37 heavy (non-hydrogen) atoms. The van der Waals surface area contributed by atoms with E-state index in [0.29, 0.717) is 46.8 Å². The number of benzene rings is 1. The van der Waals surface area contributed by atoms with Crippen LogP contribution in [0.2, 0.25) is 0 Å². The Bertz CT molecular complexity index is 1610. The number of rotatable bonds is 5. The van der Waals surface area contributed by atoms with Crippen molar-refractivity contribution in [3.63, 3.8) is 0 Å². The van der Waals surface area contributed by atoms with Gasteiger partial charge in [-0.1, -0.05) is 0 Å². The number of hydrogen-bond donors (Lipinski definition) is 1. The van der Waals surface area contributed by atoms with Crippen LogP contribution in [0.25, 0.3) is 17.0 Å². The third-order valence-corrected chi connectivity index (χ3v) is 6.41. The molecule has 0 radical (unpaired) electrons. The number of pyridine rings is 2. The van der Waals surface area contributed by atoms with Crippen LogP contribution < -0.4 is 10.2 Å². The van der Waals surface area contributed by atoms with Gasteiger partial charge in [0.05, 0.1) is 42.3 Å². The molecule has 12 heteroatoms. The standard InChI is InChI=1S/C25H21F2N9O/c1-34-32-24(31-33-34)21-7-5-16(13-28-21)30-25(37)19-14-29-36-10-8-17(12-23(19)36)35-9-2-3-22(35)18-11-15(26)4-6-20(18)27/h4-8,10-14,22H,2-3,9H2,1H3,(H,30,37). The van der Waals surface area contributed by atoms with Crippen LogP contribution in [-0.4, -0.2) is 47.3 Å². The Balaban J connectivity index is 1.26. The zero-order chi connectivity index (χ0) is 25.5. The Kier molecular flexibility index (Phi) is 5.55. The van der Waals surface area contributed by atoms with E-state index in [9.17, 15) is 13.6 Å². The van der Waals surface area contributed by atoms with Crippen molar-refractivity contribution in [2.24, 2.45) is 7.05 Å². The average molecular weight is 502 g/mol. The minimum Gasteiger partial charge on any atom is -0.364 e. The Morgan fingerprint density at radius 3 is 2.78 bits per heavy atom. The molecule has 186 valence electrons. The highest BCUT2D eigenvalue weighted by Crippen LogP contribution is 2.38. The number of carbonyl (C=O) groups excluding carboxylic acids is 1. The summed E-state index contributed by atoms with van der Waals surface area (Å²) in [5.74, 6) is -0.871. The largest absolute Gasteiger partial charge is 0.364 e. The number of amides is 1. The molecule has 1 atom stereocenters. The minimum absolute atomic E-state index is 0.299. The normalized spacial score (nSPS) is 15.4. The maximum atomic E-state index is 14.5. The highest BCUT2D eigenvalue weighted by molar-refractivity contribution is 6.09. The monoisotopic (exact) mass is 501 g/mol. The second-order valence-corrected chi connectivity index (χ2v) is 8.78. The predicted octanol–water partition coefficient (Wildman–Crippen LogP) is 3.79. The third-order valence-electron chi connectivity index (χ3n) is 6.41. The number of aryl methyl sites for hydroxylation is 1. The van der Waals surface area contributed by atoms with Crippen LogP contribution in [0.1, 0.15) is 34.8 Å². The van der Waals surface area contributed by atoms with E-state index < -0.39 is 11.6 Å². The van der Waals surface area contributed by atoms with Crippen molar-refractivity contribution in [1.29, 1.82) is 0 Å². The molecule has 4 aromatic heterocycles. The summed E-state index contributed by atoms with van der Waals surface area (Å²) < 4.78 is 30.0. The summed E-state index contributed by atoms with van der Waals surface area (Å²) in [6, 6.07) is 10.3. The van der Waals surface area contributed by atoms with Gasteiger partial charge in [-0.05, 0) is 60.5 Å². The van der Waals surface area contributed by atoms with Gasteiger partial charge >= 0.3 is 0 Å². The number of anilines is 2. The molecule has 0 bridgehead atoms. The second-order valence-electron chi connectivity index (χ2n) is 8.78. The maximum absolute atomic E-state index is 14.5. The van der Waals surface area contributed by atoms with Crippen molar-refractivity contribution >= 4 is 22.8 Å². The van der Waals surface area contributed by atoms with Gasteiger partial charge in [0, 0.05) is 24.0 Å². The molecule has 6 rings (SSSR count). The fraction of sp³-hybridized carbons (Fsp3) is 0.200. The van der Waals surface area contributed by atoms with Crippen LogP contribution in [0.5, 0.6) is 0 Å². The molecular weight excluding hydrogens is 480 g/mol. The van der Waals surface area contributed by atoms with E-state index in [-0.39, 0.29) is 11.9 Å². The average Bonchev–Trinajstić information content (AvgIpc) is 3.65. The topological polar surface area (TPSA) is 106 Å². The number of hydrogen-bond acceptors (Lipinski definition) is 7. The van der Waals surface area contributed by atoms with Gasteiger partial charge in [0.15, 0.2) is 0 Å². The van der Waals surface area contributed by atoms with Crippen LogP contribution in [0.4, 0.5) is 20.2 Å². The van der Waals surface area contributed by atoms with Gasteiger partial charge < -0.3 is 10.2 Å². The number of nitrogens with zero attached hydrogens (tertiary/aromatic N) is 8. The van der Waals surface area contributed by atoms with Gasteiger partial charge in [-0.3, -0.25) is 9.78 Å². The molecular formula is C25H21F2N9O. The quantitative estimate of drug-likeness (QED) is 0.391. The van der Waals surface area contributed by atoms with Gasteiger partial charge in [0.25, 0.3) is 5.91 Å². The van der Waals surface area contributed by atoms with E-state index in [2.05, 4.69) is 30.8 Å². The summed E-state index contributed by atoms with van der Waals surface area (Å²) in [5, 5.41) is 19.0. The summed E-state index contributed by atoms with van der Waals surface area (Å²) in [5.41, 5.74) is 3.12. The number of aromatic nitrogens is 7. The van der Waals surface area contributed by atoms with Gasteiger partial charge in [-0.25, -0.2) is 13.3 Å². The molecule has 5 heterocycles. The van der Waals surface area contributed by atoms with Crippen molar-refractivity contribution in [2.75, 3.05) is 16.8 Å². The summed E-state index contributed by atoms with van der Waals surface area (Å²) in [6.45, 7) is 0.686. The zero-order valence-corrected chi connectivity index (χ0v) is 19.7. The molecule has 0 aliphatic carbocycles. The Hall–Kier alpha value is -4.74. The Labute approximate surface area is 209 Å². The van der Waals surface area contributed by atoms with Gasteiger partial charge in [0.1, 0.15) is 17.3 Å². The molecule has 10 nitrogen and oxygen atoms in total. The molecule has 0 saturated carbocycles. The van der Waals surface area contributed by atoms with E-state index in [1.807, 2.05) is 17.0 Å². The lowest BCUT2D eigenvalue weighted by molar-refractivity contribution is 0.102. The molecule has 1 aromatic carbocycles. The third kappa shape index (κ3) is 4.26. The fourth-order valence-corrected chi connectivity index (χ4v) is 4.68. The van der Waals surface area contributed by atoms with Gasteiger partial charge in [-0.15, -0.1) is 10.2 Å². The van der Waals surface area contributed by atoms with Gasteiger partial charge in [0.2, 0.25) is 5.82 Å². The van der Waals surface area contributed by atoms with Crippen LogP contribution >= 0.6 is 0 Å². The van der Waals surface area contributed by atoms with E-state index >= 15 is 0 Å². The molecule has 5 aromatic rings. The maximum Gasteiger partial charge on any atom is 0.259 e. The van der Waals surface area contributed by atoms with Crippen molar-refractivity contribution in [2.45, 2.75) is 18.9 Å². The molecule has 1 fully saturated rings. The first-order valence-electron chi connectivity index (χ1n) is 11.7. The lowest BCUT2D eigenvalue weighted by atomic mass is 10.0. The summed E-state index contributed by atoms with van der Waals surface area (Å²) >= 11 is 0. The van der Waals surface area contributed by atoms with Crippen LogP contribution in [0, 0.1) is 11.6 Å². The number of tetrazole rings is 1. The highest BCUT2D eigenvalue weighted by Gasteiger charge is 2.29. The van der Waals surface area contributed by atoms with E-state index in [1.54, 1.807) is 29.9 Å². The first kappa shape index (κ1) is 22.7. The SMILES string of the molecule is Cn1nnc(-c2ccc(NC(=O)c3cnn4ccc(N5CCCC5c5cc(F)ccc5F)cc34)cn2)n1. The van der Waals surface area contributed by atoms with Crippen molar-refractivity contribution < 1.29 is 13.6 Å². The van der Waals surface area contributed by atoms with Crippen molar-refractivity contribution in [3.8, 4) is 11.5 Å². The van der Waals surface area contributed by atoms with Gasteiger partial charge in [-0.2, -0.15) is 9.90 Å². The lowest BCUT2D eigenvalue weighted by Crippen LogP contribution is -2.23. The molecule has 1 unspecified atom stereocenters. The molecule has 0 spiro atoms. The van der Waals surface area contributed by atoms with E-state index in [1.165, 1.54) is 23.3 Å². The summed E-state index contributed by atoms with van der Waals surface area (Å²) in [7, 11) is 1.66. The highest BCUT2D eigenvalue weighted by atomic mass is 19.1. The summed E-state index contributed by atoms with van der Waals surface area (Å²) in [6.07, 6.45) is 6.30. The van der Waals surface area contributed by atoms with Crippen molar-refractivity contribution in [3.05, 3.63) is 83.8 Å². The summed E-state index contributed by atoms with van der Waals surface area (Å²) in [4.78, 5) is 20.8. The van der Waals surface area contributed by atoms with E-state index in [0.717, 1.165) is 24.2 Å². The van der Waals surface area contributed by atoms with Crippen LogP contribution in [0.3, 0.4) is 0 Å². The Morgan fingerprint density at radius 2 is 2.00 bits per heavy atom. The van der Waals surface area contributed by atoms with E-state index in [4.69, 9.17) is 0 Å². The first-order chi connectivity index (χ1) is 18.0.